The lowest BCUT2D eigenvalue weighted by Crippen LogP contribution is -2.42. The van der Waals surface area contributed by atoms with Crippen molar-refractivity contribution in [3.63, 3.8) is 0 Å². The van der Waals surface area contributed by atoms with Crippen LogP contribution >= 0.6 is 11.8 Å². The van der Waals surface area contributed by atoms with E-state index >= 15 is 0 Å². The molecule has 0 aliphatic carbocycles. The Bertz CT molecular complexity index is 680. The molecule has 0 bridgehead atoms. The second-order valence-electron chi connectivity index (χ2n) is 6.90. The molecule has 1 N–H and O–H groups in total. The Balaban J connectivity index is 1.92. The molecule has 0 saturated heterocycles. The van der Waals surface area contributed by atoms with Gasteiger partial charge in [-0.15, -0.1) is 0 Å². The van der Waals surface area contributed by atoms with Gasteiger partial charge in [0.1, 0.15) is 0 Å². The van der Waals surface area contributed by atoms with Crippen LogP contribution in [0.15, 0.2) is 18.2 Å². The topological polar surface area (TPSA) is 49.4 Å². The smallest absolute Gasteiger partial charge is 0.335 e. The Morgan fingerprint density at radius 3 is 2.46 bits per heavy atom. The van der Waals surface area contributed by atoms with E-state index in [-0.39, 0.29) is 31.7 Å². The maximum absolute atomic E-state index is 12.8. The molecule has 1 aromatic carbocycles. The van der Waals surface area contributed by atoms with Crippen molar-refractivity contribution < 1.29 is 22.8 Å². The number of halogens is 3. The number of nitrogens with zero attached hydrogens (tertiary/aromatic N) is 1. The number of benzene rings is 1. The SMILES string of the molecule is CSCCCN(CCCC(=O)c1ccc2c(c1)CCNCC2)C(=O)C(F)(F)F. The molecule has 1 amide bonds. The van der Waals surface area contributed by atoms with Crippen LogP contribution in [0, 0.1) is 0 Å². The number of nitrogens with one attached hydrogen (secondary N) is 1. The molecule has 0 aromatic heterocycles. The van der Waals surface area contributed by atoms with Crippen LogP contribution in [0.3, 0.4) is 0 Å². The molecule has 0 atom stereocenters. The average Bonchev–Trinajstić information content (AvgIpc) is 2.90. The fourth-order valence-electron chi connectivity index (χ4n) is 3.32. The minimum Gasteiger partial charge on any atom is -0.335 e. The summed E-state index contributed by atoms with van der Waals surface area (Å²) >= 11 is 1.52. The third-order valence-electron chi connectivity index (χ3n) is 4.81. The number of fused-ring (bicyclic) bond motifs is 1. The van der Waals surface area contributed by atoms with E-state index in [0.29, 0.717) is 17.7 Å². The van der Waals surface area contributed by atoms with Crippen LogP contribution < -0.4 is 5.32 Å². The molecule has 1 aliphatic heterocycles. The third kappa shape index (κ3) is 6.81. The number of hydrogen-bond donors (Lipinski definition) is 1. The molecule has 0 unspecified atom stereocenters. The predicted octanol–water partition coefficient (Wildman–Crippen LogP) is 3.48. The molecule has 0 saturated carbocycles. The van der Waals surface area contributed by atoms with Gasteiger partial charge in [0.25, 0.3) is 0 Å². The van der Waals surface area contributed by atoms with Crippen molar-refractivity contribution in [1.82, 2.24) is 10.2 Å². The van der Waals surface area contributed by atoms with Gasteiger partial charge in [-0.05, 0) is 68.0 Å². The van der Waals surface area contributed by atoms with Crippen LogP contribution in [0.2, 0.25) is 0 Å². The van der Waals surface area contributed by atoms with Crippen molar-refractivity contribution in [3.8, 4) is 0 Å². The quantitative estimate of drug-likeness (QED) is 0.495. The van der Waals surface area contributed by atoms with E-state index in [1.165, 1.54) is 17.3 Å². The van der Waals surface area contributed by atoms with Gasteiger partial charge in [0.15, 0.2) is 5.78 Å². The molecular formula is C20H27F3N2O2S. The summed E-state index contributed by atoms with van der Waals surface area (Å²) in [5.41, 5.74) is 2.98. The molecule has 2 rings (SSSR count). The summed E-state index contributed by atoms with van der Waals surface area (Å²) in [6, 6.07) is 5.67. The number of hydrogen-bond acceptors (Lipinski definition) is 4. The van der Waals surface area contributed by atoms with Crippen LogP contribution in [0.25, 0.3) is 0 Å². The summed E-state index contributed by atoms with van der Waals surface area (Å²) in [5, 5.41) is 3.32. The van der Waals surface area contributed by atoms with Crippen molar-refractivity contribution in [1.29, 1.82) is 0 Å². The van der Waals surface area contributed by atoms with E-state index in [1.807, 2.05) is 18.4 Å². The molecule has 8 heteroatoms. The summed E-state index contributed by atoms with van der Waals surface area (Å²) in [5.74, 6) is -1.23. The number of ketones is 1. The standard InChI is InChI=1S/C20H27F3N2O2S/c1-28-13-3-12-25(19(27)20(21,22)23)11-2-4-18(26)17-6-5-15-7-9-24-10-8-16(15)14-17/h5-6,14,24H,2-4,7-13H2,1H3. The Kier molecular flexibility index (Phi) is 8.82. The van der Waals surface area contributed by atoms with Gasteiger partial charge in [-0.1, -0.05) is 12.1 Å². The van der Waals surface area contributed by atoms with Gasteiger partial charge >= 0.3 is 12.1 Å². The number of alkyl halides is 3. The van der Waals surface area contributed by atoms with Crippen LogP contribution in [-0.4, -0.2) is 61.0 Å². The van der Waals surface area contributed by atoms with Crippen LogP contribution in [0.4, 0.5) is 13.2 Å². The maximum atomic E-state index is 12.8. The highest BCUT2D eigenvalue weighted by Gasteiger charge is 2.42. The Labute approximate surface area is 168 Å². The zero-order valence-electron chi connectivity index (χ0n) is 16.1. The first kappa shape index (κ1) is 22.7. The van der Waals surface area contributed by atoms with E-state index in [2.05, 4.69) is 5.32 Å². The fraction of sp³-hybridized carbons (Fsp3) is 0.600. The zero-order valence-corrected chi connectivity index (χ0v) is 16.9. The Morgan fingerprint density at radius 2 is 1.79 bits per heavy atom. The molecule has 1 heterocycles. The Hall–Kier alpha value is -1.54. The lowest BCUT2D eigenvalue weighted by molar-refractivity contribution is -0.185. The van der Waals surface area contributed by atoms with Crippen molar-refractivity contribution >= 4 is 23.5 Å². The molecule has 1 aliphatic rings. The summed E-state index contributed by atoms with van der Waals surface area (Å²) in [7, 11) is 0. The lowest BCUT2D eigenvalue weighted by atomic mass is 9.97. The van der Waals surface area contributed by atoms with Crippen molar-refractivity contribution in [2.24, 2.45) is 0 Å². The summed E-state index contributed by atoms with van der Waals surface area (Å²) < 4.78 is 38.4. The number of thioether (sulfide) groups is 1. The second kappa shape index (κ2) is 10.9. The predicted molar refractivity (Wildman–Crippen MR) is 106 cm³/mol. The number of carbonyl (C=O) groups excluding carboxylic acids is 2. The summed E-state index contributed by atoms with van der Waals surface area (Å²) in [4.78, 5) is 24.9. The first-order valence-electron chi connectivity index (χ1n) is 9.53. The van der Waals surface area contributed by atoms with Gasteiger partial charge < -0.3 is 10.2 Å². The third-order valence-corrected chi connectivity index (χ3v) is 5.51. The van der Waals surface area contributed by atoms with Crippen LogP contribution in [0.5, 0.6) is 0 Å². The van der Waals surface area contributed by atoms with Gasteiger partial charge in [-0.25, -0.2) is 0 Å². The largest absolute Gasteiger partial charge is 0.471 e. The molecule has 1 aromatic rings. The highest BCUT2D eigenvalue weighted by Crippen LogP contribution is 2.20. The van der Waals surface area contributed by atoms with Crippen molar-refractivity contribution in [3.05, 3.63) is 34.9 Å². The first-order chi connectivity index (χ1) is 13.3. The number of amides is 1. The van der Waals surface area contributed by atoms with E-state index in [4.69, 9.17) is 0 Å². The van der Waals surface area contributed by atoms with Gasteiger partial charge in [0.05, 0.1) is 0 Å². The van der Waals surface area contributed by atoms with Gasteiger partial charge in [0, 0.05) is 25.1 Å². The van der Waals surface area contributed by atoms with E-state index in [0.717, 1.165) is 36.4 Å². The zero-order chi connectivity index (χ0) is 20.6. The highest BCUT2D eigenvalue weighted by molar-refractivity contribution is 7.98. The normalized spacial score (nSPS) is 14.3. The van der Waals surface area contributed by atoms with E-state index < -0.39 is 12.1 Å². The maximum Gasteiger partial charge on any atom is 0.471 e. The van der Waals surface area contributed by atoms with Gasteiger partial charge in [-0.2, -0.15) is 24.9 Å². The van der Waals surface area contributed by atoms with Crippen LogP contribution in [0.1, 0.15) is 40.7 Å². The number of Topliss-reactive ketones (excluding diaryl/α,β-unsaturated/α-hetero) is 1. The first-order valence-corrected chi connectivity index (χ1v) is 10.9. The monoisotopic (exact) mass is 416 g/mol. The van der Waals surface area contributed by atoms with Crippen LogP contribution in [-0.2, 0) is 17.6 Å². The lowest BCUT2D eigenvalue weighted by Gasteiger charge is -2.23. The van der Waals surface area contributed by atoms with Gasteiger partial charge in [-0.3, -0.25) is 9.59 Å². The van der Waals surface area contributed by atoms with Gasteiger partial charge in [0.2, 0.25) is 0 Å². The molecule has 28 heavy (non-hydrogen) atoms. The molecule has 0 fully saturated rings. The van der Waals surface area contributed by atoms with Crippen molar-refractivity contribution in [2.45, 2.75) is 38.3 Å². The average molecular weight is 417 g/mol. The highest BCUT2D eigenvalue weighted by atomic mass is 32.2. The second-order valence-corrected chi connectivity index (χ2v) is 7.88. The minimum absolute atomic E-state index is 0.0548. The molecule has 156 valence electrons. The minimum atomic E-state index is -4.88. The molecule has 0 spiro atoms. The molecule has 4 nitrogen and oxygen atoms in total. The summed E-state index contributed by atoms with van der Waals surface area (Å²) in [6.07, 6.45) is -0.386. The fourth-order valence-corrected chi connectivity index (χ4v) is 3.73. The Morgan fingerprint density at radius 1 is 1.11 bits per heavy atom. The van der Waals surface area contributed by atoms with E-state index in [9.17, 15) is 22.8 Å². The van der Waals surface area contributed by atoms with Crippen molar-refractivity contribution in [2.75, 3.05) is 38.2 Å². The number of rotatable bonds is 9. The molecule has 0 radical (unpaired) electrons. The number of carbonyl (C=O) groups is 2. The molecular weight excluding hydrogens is 389 g/mol. The summed E-state index contributed by atoms with van der Waals surface area (Å²) in [6.45, 7) is 1.78. The van der Waals surface area contributed by atoms with E-state index in [1.54, 1.807) is 6.07 Å².